The third kappa shape index (κ3) is 3.90. The molecule has 1 aromatic heterocycles. The van der Waals surface area contributed by atoms with Crippen molar-refractivity contribution in [1.29, 1.82) is 0 Å². The molecule has 0 aliphatic heterocycles. The molecule has 1 heterocycles. The van der Waals surface area contributed by atoms with E-state index >= 15 is 0 Å². The number of hydrogen-bond donors (Lipinski definition) is 0. The maximum absolute atomic E-state index is 10.1. The van der Waals surface area contributed by atoms with Crippen LogP contribution in [0.3, 0.4) is 0 Å². The standard InChI is InChI=1S/C20H19Br.C5H4O2/c21-12-11-15-13-20-16-6-2-1-5-14(16)9-10-19(20)18-8-4-3-7-17(15)18;6-5-3-1-2-4-7-5/h3-4,7-10,13H,1-2,5-6,11-12H2;1-4H. The summed E-state index contributed by atoms with van der Waals surface area (Å²) in [5, 5.41) is 6.79. The van der Waals surface area contributed by atoms with Gasteiger partial charge < -0.3 is 4.42 Å². The zero-order valence-electron chi connectivity index (χ0n) is 15.8. The quantitative estimate of drug-likeness (QED) is 0.268. The van der Waals surface area contributed by atoms with Crippen LogP contribution in [0.15, 0.2) is 76.1 Å². The van der Waals surface area contributed by atoms with Crippen LogP contribution in [0.25, 0.3) is 21.5 Å². The molecule has 0 spiro atoms. The Morgan fingerprint density at radius 3 is 2.29 bits per heavy atom. The van der Waals surface area contributed by atoms with Gasteiger partial charge in [-0.2, -0.15) is 0 Å². The molecular weight excluding hydrogens is 412 g/mol. The van der Waals surface area contributed by atoms with Gasteiger partial charge in [-0.1, -0.05) is 64.5 Å². The molecule has 0 N–H and O–H groups in total. The van der Waals surface area contributed by atoms with Crippen molar-refractivity contribution < 1.29 is 4.42 Å². The molecule has 0 saturated heterocycles. The van der Waals surface area contributed by atoms with Crippen LogP contribution in [-0.2, 0) is 19.3 Å². The highest BCUT2D eigenvalue weighted by Gasteiger charge is 2.15. The smallest absolute Gasteiger partial charge is 0.335 e. The number of alkyl halides is 1. The molecule has 142 valence electrons. The average molecular weight is 435 g/mol. The van der Waals surface area contributed by atoms with E-state index in [2.05, 4.69) is 62.8 Å². The maximum atomic E-state index is 10.1. The van der Waals surface area contributed by atoms with Crippen molar-refractivity contribution in [1.82, 2.24) is 0 Å². The summed E-state index contributed by atoms with van der Waals surface area (Å²) in [6, 6.07) is 20.7. The molecule has 28 heavy (non-hydrogen) atoms. The zero-order valence-corrected chi connectivity index (χ0v) is 17.4. The lowest BCUT2D eigenvalue weighted by atomic mass is 9.85. The van der Waals surface area contributed by atoms with Gasteiger partial charge in [0.1, 0.15) is 0 Å². The van der Waals surface area contributed by atoms with Gasteiger partial charge in [0.05, 0.1) is 6.26 Å². The summed E-state index contributed by atoms with van der Waals surface area (Å²) < 4.78 is 4.37. The predicted octanol–water partition coefficient (Wildman–Crippen LogP) is 6.45. The molecule has 1 aliphatic rings. The van der Waals surface area contributed by atoms with Crippen molar-refractivity contribution in [2.75, 3.05) is 5.33 Å². The Hall–Kier alpha value is -2.39. The Morgan fingerprint density at radius 1 is 0.821 bits per heavy atom. The monoisotopic (exact) mass is 434 g/mol. The number of fused-ring (bicyclic) bond motifs is 5. The molecule has 0 atom stereocenters. The van der Waals surface area contributed by atoms with E-state index in [1.807, 2.05) is 0 Å². The van der Waals surface area contributed by atoms with Crippen LogP contribution in [-0.4, -0.2) is 5.33 Å². The Bertz CT molecular complexity index is 1140. The maximum Gasteiger partial charge on any atom is 0.335 e. The highest BCUT2D eigenvalue weighted by atomic mass is 79.9. The molecule has 0 amide bonds. The van der Waals surface area contributed by atoms with Crippen LogP contribution in [0.1, 0.15) is 29.5 Å². The Kier molecular flexibility index (Phi) is 5.92. The average Bonchev–Trinajstić information content (AvgIpc) is 2.75. The largest absolute Gasteiger partial charge is 0.431 e. The second kappa shape index (κ2) is 8.74. The molecule has 3 heteroatoms. The lowest BCUT2D eigenvalue weighted by molar-refractivity contribution is 0.511. The first kappa shape index (κ1) is 18.9. The summed E-state index contributed by atoms with van der Waals surface area (Å²) in [6.07, 6.45) is 7.64. The Morgan fingerprint density at radius 2 is 1.57 bits per heavy atom. The van der Waals surface area contributed by atoms with Gasteiger partial charge in [-0.05, 0) is 76.4 Å². The van der Waals surface area contributed by atoms with E-state index in [9.17, 15) is 4.79 Å². The highest BCUT2D eigenvalue weighted by Crippen LogP contribution is 2.35. The first-order valence-corrected chi connectivity index (χ1v) is 10.9. The Labute approximate surface area is 173 Å². The molecule has 1 aliphatic carbocycles. The van der Waals surface area contributed by atoms with Gasteiger partial charge >= 0.3 is 5.63 Å². The number of hydrogen-bond acceptors (Lipinski definition) is 2. The first-order valence-electron chi connectivity index (χ1n) is 9.83. The number of rotatable bonds is 2. The van der Waals surface area contributed by atoms with Gasteiger partial charge in [-0.25, -0.2) is 4.79 Å². The molecule has 0 unspecified atom stereocenters. The molecule has 2 nitrogen and oxygen atoms in total. The highest BCUT2D eigenvalue weighted by molar-refractivity contribution is 9.09. The number of halogens is 1. The van der Waals surface area contributed by atoms with Gasteiger partial charge in [0.15, 0.2) is 0 Å². The Balaban J connectivity index is 0.000000233. The summed E-state index contributed by atoms with van der Waals surface area (Å²) in [6.45, 7) is 0. The van der Waals surface area contributed by atoms with Crippen LogP contribution in [0.5, 0.6) is 0 Å². The molecular formula is C25H23BrO2. The topological polar surface area (TPSA) is 30.2 Å². The molecule has 3 aromatic carbocycles. The van der Waals surface area contributed by atoms with Crippen molar-refractivity contribution in [3.05, 3.63) is 94.0 Å². The second-order valence-corrected chi connectivity index (χ2v) is 7.94. The minimum absolute atomic E-state index is 0.303. The molecule has 0 bridgehead atoms. The van der Waals surface area contributed by atoms with Gasteiger partial charge in [0, 0.05) is 11.4 Å². The molecule has 5 rings (SSSR count). The third-order valence-corrected chi connectivity index (χ3v) is 5.83. The number of benzene rings is 3. The van der Waals surface area contributed by atoms with Crippen molar-refractivity contribution in [3.63, 3.8) is 0 Å². The van der Waals surface area contributed by atoms with Gasteiger partial charge in [-0.15, -0.1) is 0 Å². The fraction of sp³-hybridized carbons (Fsp3) is 0.240. The van der Waals surface area contributed by atoms with Crippen LogP contribution in [0, 0.1) is 0 Å². The van der Waals surface area contributed by atoms with Crippen LogP contribution in [0.2, 0.25) is 0 Å². The SMILES string of the molecule is BrCCc1cc2c3c(ccc2c2ccccc12)CCCC3.O=c1cccco1. The first-order chi connectivity index (χ1) is 13.8. The lowest BCUT2D eigenvalue weighted by Crippen LogP contribution is -2.03. The minimum atomic E-state index is -0.303. The summed E-state index contributed by atoms with van der Waals surface area (Å²) in [7, 11) is 0. The zero-order chi connectivity index (χ0) is 19.3. The predicted molar refractivity (Wildman–Crippen MR) is 121 cm³/mol. The molecule has 4 aromatic rings. The molecule has 0 saturated carbocycles. The fourth-order valence-electron chi connectivity index (χ4n) is 4.14. The normalized spacial score (nSPS) is 13.0. The van der Waals surface area contributed by atoms with E-state index in [0.29, 0.717) is 0 Å². The van der Waals surface area contributed by atoms with Gasteiger partial charge in [0.25, 0.3) is 0 Å². The van der Waals surface area contributed by atoms with E-state index in [1.165, 1.54) is 65.1 Å². The summed E-state index contributed by atoms with van der Waals surface area (Å²) in [4.78, 5) is 10.1. The van der Waals surface area contributed by atoms with E-state index in [-0.39, 0.29) is 5.63 Å². The van der Waals surface area contributed by atoms with Crippen molar-refractivity contribution in [3.8, 4) is 0 Å². The summed E-state index contributed by atoms with van der Waals surface area (Å²) in [5.74, 6) is 0. The van der Waals surface area contributed by atoms with E-state index < -0.39 is 0 Å². The van der Waals surface area contributed by atoms with Crippen LogP contribution >= 0.6 is 15.9 Å². The lowest BCUT2D eigenvalue weighted by Gasteiger charge is -2.20. The van der Waals surface area contributed by atoms with Crippen molar-refractivity contribution >= 4 is 37.5 Å². The van der Waals surface area contributed by atoms with Crippen LogP contribution in [0.4, 0.5) is 0 Å². The molecule has 0 fully saturated rings. The van der Waals surface area contributed by atoms with Crippen molar-refractivity contribution in [2.45, 2.75) is 32.1 Å². The number of aryl methyl sites for hydroxylation is 3. The van der Waals surface area contributed by atoms with Gasteiger partial charge in [0.2, 0.25) is 0 Å². The van der Waals surface area contributed by atoms with E-state index in [0.717, 1.165) is 11.8 Å². The van der Waals surface area contributed by atoms with Crippen molar-refractivity contribution in [2.24, 2.45) is 0 Å². The second-order valence-electron chi connectivity index (χ2n) is 7.15. The fourth-order valence-corrected chi connectivity index (χ4v) is 4.57. The van der Waals surface area contributed by atoms with Gasteiger partial charge in [-0.3, -0.25) is 0 Å². The third-order valence-electron chi connectivity index (χ3n) is 5.43. The van der Waals surface area contributed by atoms with E-state index in [4.69, 9.17) is 0 Å². The van der Waals surface area contributed by atoms with Crippen LogP contribution < -0.4 is 5.63 Å². The van der Waals surface area contributed by atoms with E-state index in [1.54, 1.807) is 23.3 Å². The summed E-state index contributed by atoms with van der Waals surface area (Å²) in [5.41, 5.74) is 4.37. The minimum Gasteiger partial charge on any atom is -0.431 e. The summed E-state index contributed by atoms with van der Waals surface area (Å²) >= 11 is 3.61. The molecule has 0 radical (unpaired) electrons.